The van der Waals surface area contributed by atoms with Gasteiger partial charge < -0.3 is 0 Å². The first-order valence-corrected chi connectivity index (χ1v) is 8.43. The highest BCUT2D eigenvalue weighted by Gasteiger charge is 2.19. The molecule has 0 atom stereocenters. The average molecular weight is 378 g/mol. The normalized spacial score (nSPS) is 11.0. The molecule has 0 bridgehead atoms. The summed E-state index contributed by atoms with van der Waals surface area (Å²) >= 11 is 10.1. The molecule has 1 aromatic carbocycles. The number of hydrogen-bond acceptors (Lipinski definition) is 4. The maximum Gasteiger partial charge on any atom is 0.272 e. The molecule has 1 aromatic heterocycles. The fraction of sp³-hybridized carbons (Fsp3) is 0. The Hall–Kier alpha value is -1.07. The number of hydrogen-bond donors (Lipinski definition) is 1. The predicted octanol–water partition coefficient (Wildman–Crippen LogP) is 3.84. The topological polar surface area (TPSA) is 70.0 Å². The van der Waals surface area contributed by atoms with Crippen LogP contribution in [0.25, 0.3) is 0 Å². The number of sulfonamides is 1. The monoisotopic (exact) mass is 376 g/mol. The van der Waals surface area contributed by atoms with E-state index in [2.05, 4.69) is 20.7 Å². The average Bonchev–Trinajstić information content (AvgIpc) is 2.76. The number of rotatable bonds is 3. The standard InChI is InChI=1S/C11H6BrClN2O2S2/c12-9-3-4-18-11(9)19(16,17)15-8-2-1-7(6-14)10(13)5-8/h1-5,15H. The lowest BCUT2D eigenvalue weighted by molar-refractivity contribution is 0.603. The van der Waals surface area contributed by atoms with Crippen molar-refractivity contribution in [2.75, 3.05) is 4.72 Å². The first-order chi connectivity index (χ1) is 8.94. The second-order valence-electron chi connectivity index (χ2n) is 3.47. The molecule has 0 fully saturated rings. The maximum absolute atomic E-state index is 12.1. The molecular weight excluding hydrogens is 372 g/mol. The number of benzene rings is 1. The summed E-state index contributed by atoms with van der Waals surface area (Å²) in [6.07, 6.45) is 0. The molecule has 98 valence electrons. The van der Waals surface area contributed by atoms with Gasteiger partial charge in [0, 0.05) is 4.47 Å². The number of anilines is 1. The molecule has 0 aliphatic rings. The van der Waals surface area contributed by atoms with Gasteiger partial charge >= 0.3 is 0 Å². The Labute approximate surface area is 127 Å². The van der Waals surface area contributed by atoms with Gasteiger partial charge in [-0.3, -0.25) is 4.72 Å². The van der Waals surface area contributed by atoms with E-state index in [1.165, 1.54) is 18.2 Å². The molecule has 0 saturated carbocycles. The van der Waals surface area contributed by atoms with Gasteiger partial charge in [0.25, 0.3) is 10.0 Å². The molecule has 0 radical (unpaired) electrons. The van der Waals surface area contributed by atoms with Crippen LogP contribution in [-0.4, -0.2) is 8.42 Å². The molecule has 1 N–H and O–H groups in total. The van der Waals surface area contributed by atoms with E-state index in [1.54, 1.807) is 11.4 Å². The Morgan fingerprint density at radius 2 is 2.11 bits per heavy atom. The third-order valence-corrected chi connectivity index (χ3v) is 6.53. The quantitative estimate of drug-likeness (QED) is 0.883. The van der Waals surface area contributed by atoms with Crippen LogP contribution in [0.15, 0.2) is 38.3 Å². The molecule has 2 aromatic rings. The molecule has 4 nitrogen and oxygen atoms in total. The number of nitriles is 1. The van der Waals surface area contributed by atoms with E-state index in [1.807, 2.05) is 6.07 Å². The zero-order valence-corrected chi connectivity index (χ0v) is 13.2. The van der Waals surface area contributed by atoms with Crippen LogP contribution in [-0.2, 0) is 10.0 Å². The SMILES string of the molecule is N#Cc1ccc(NS(=O)(=O)c2sccc2Br)cc1Cl. The first-order valence-electron chi connectivity index (χ1n) is 4.89. The summed E-state index contributed by atoms with van der Waals surface area (Å²) in [6.45, 7) is 0. The van der Waals surface area contributed by atoms with Crippen molar-refractivity contribution in [3.8, 4) is 6.07 Å². The Bertz CT molecular complexity index is 765. The van der Waals surface area contributed by atoms with Crippen LogP contribution in [0.1, 0.15) is 5.56 Å². The van der Waals surface area contributed by atoms with Crippen molar-refractivity contribution in [2.24, 2.45) is 0 Å². The van der Waals surface area contributed by atoms with Crippen LogP contribution < -0.4 is 4.72 Å². The van der Waals surface area contributed by atoms with Gasteiger partial charge in [-0.1, -0.05) is 11.6 Å². The summed E-state index contributed by atoms with van der Waals surface area (Å²) in [5.41, 5.74) is 0.603. The van der Waals surface area contributed by atoms with E-state index in [-0.39, 0.29) is 9.23 Å². The molecular formula is C11H6BrClN2O2S2. The number of thiophene rings is 1. The van der Waals surface area contributed by atoms with Crippen molar-refractivity contribution < 1.29 is 8.42 Å². The first kappa shape index (κ1) is 14.3. The third-order valence-electron chi connectivity index (χ3n) is 2.17. The van der Waals surface area contributed by atoms with Crippen LogP contribution >= 0.6 is 38.9 Å². The molecule has 0 unspecified atom stereocenters. The molecule has 0 aliphatic heterocycles. The summed E-state index contributed by atoms with van der Waals surface area (Å²) in [4.78, 5) is 0. The van der Waals surface area contributed by atoms with E-state index in [0.717, 1.165) is 11.3 Å². The molecule has 19 heavy (non-hydrogen) atoms. The van der Waals surface area contributed by atoms with Crippen LogP contribution in [0.2, 0.25) is 5.02 Å². The minimum absolute atomic E-state index is 0.188. The summed E-state index contributed by atoms with van der Waals surface area (Å²) in [7, 11) is -3.66. The lowest BCUT2D eigenvalue weighted by atomic mass is 10.2. The summed E-state index contributed by atoms with van der Waals surface area (Å²) < 4.78 is 27.3. The Kier molecular flexibility index (Phi) is 4.16. The Morgan fingerprint density at radius 1 is 1.37 bits per heavy atom. The molecule has 0 saturated heterocycles. The summed E-state index contributed by atoms with van der Waals surface area (Å²) in [5.74, 6) is 0. The number of nitrogens with one attached hydrogen (secondary N) is 1. The van der Waals surface area contributed by atoms with Gasteiger partial charge in [0.15, 0.2) is 4.21 Å². The molecule has 0 aliphatic carbocycles. The van der Waals surface area contributed by atoms with Crippen molar-refractivity contribution in [1.29, 1.82) is 5.26 Å². The predicted molar refractivity (Wildman–Crippen MR) is 79.0 cm³/mol. The smallest absolute Gasteiger partial charge is 0.272 e. The maximum atomic E-state index is 12.1. The highest BCUT2D eigenvalue weighted by Crippen LogP contribution is 2.30. The number of nitrogens with zero attached hydrogens (tertiary/aromatic N) is 1. The molecule has 0 amide bonds. The van der Waals surface area contributed by atoms with Gasteiger partial charge in [-0.15, -0.1) is 11.3 Å². The van der Waals surface area contributed by atoms with Gasteiger partial charge in [-0.25, -0.2) is 8.42 Å². The van der Waals surface area contributed by atoms with Crippen molar-refractivity contribution in [3.63, 3.8) is 0 Å². The third kappa shape index (κ3) is 3.09. The van der Waals surface area contributed by atoms with Crippen LogP contribution in [0, 0.1) is 11.3 Å². The minimum Gasteiger partial charge on any atom is -0.279 e. The largest absolute Gasteiger partial charge is 0.279 e. The zero-order valence-electron chi connectivity index (χ0n) is 9.22. The van der Waals surface area contributed by atoms with Gasteiger partial charge in [0.1, 0.15) is 6.07 Å². The fourth-order valence-corrected chi connectivity index (χ4v) is 4.95. The highest BCUT2D eigenvalue weighted by molar-refractivity contribution is 9.10. The van der Waals surface area contributed by atoms with Crippen molar-refractivity contribution in [1.82, 2.24) is 0 Å². The fourth-order valence-electron chi connectivity index (χ4n) is 1.34. The Balaban J connectivity index is 2.34. The Morgan fingerprint density at radius 3 is 2.63 bits per heavy atom. The van der Waals surface area contributed by atoms with Crippen LogP contribution in [0.4, 0.5) is 5.69 Å². The van der Waals surface area contributed by atoms with Gasteiger partial charge in [0.05, 0.1) is 16.3 Å². The van der Waals surface area contributed by atoms with E-state index >= 15 is 0 Å². The van der Waals surface area contributed by atoms with Crippen molar-refractivity contribution in [3.05, 3.63) is 44.7 Å². The van der Waals surface area contributed by atoms with E-state index in [0.29, 0.717) is 15.7 Å². The lowest BCUT2D eigenvalue weighted by Gasteiger charge is -2.07. The van der Waals surface area contributed by atoms with Crippen LogP contribution in [0.3, 0.4) is 0 Å². The minimum atomic E-state index is -3.66. The highest BCUT2D eigenvalue weighted by atomic mass is 79.9. The van der Waals surface area contributed by atoms with Gasteiger partial charge in [-0.05, 0) is 45.6 Å². The van der Waals surface area contributed by atoms with E-state index in [4.69, 9.17) is 16.9 Å². The van der Waals surface area contributed by atoms with Gasteiger partial charge in [0.2, 0.25) is 0 Å². The molecule has 0 spiro atoms. The van der Waals surface area contributed by atoms with Crippen molar-refractivity contribution in [2.45, 2.75) is 4.21 Å². The molecule has 8 heteroatoms. The zero-order chi connectivity index (χ0) is 14.0. The lowest BCUT2D eigenvalue weighted by Crippen LogP contribution is -2.11. The molecule has 1 heterocycles. The summed E-state index contributed by atoms with van der Waals surface area (Å²) in [5, 5.41) is 10.6. The van der Waals surface area contributed by atoms with Crippen molar-refractivity contribution >= 4 is 54.6 Å². The molecule has 2 rings (SSSR count). The second kappa shape index (κ2) is 5.51. The number of halogens is 2. The van der Waals surface area contributed by atoms with E-state index in [9.17, 15) is 8.42 Å². The second-order valence-corrected chi connectivity index (χ2v) is 7.52. The van der Waals surface area contributed by atoms with Gasteiger partial charge in [-0.2, -0.15) is 5.26 Å². The van der Waals surface area contributed by atoms with Crippen LogP contribution in [0.5, 0.6) is 0 Å². The summed E-state index contributed by atoms with van der Waals surface area (Å²) in [6, 6.07) is 7.92. The van der Waals surface area contributed by atoms with E-state index < -0.39 is 10.0 Å².